The molecule has 6 heteroatoms. The second kappa shape index (κ2) is 6.75. The molecule has 0 atom stereocenters. The van der Waals surface area contributed by atoms with Crippen molar-refractivity contribution in [3.8, 4) is 5.75 Å². The Kier molecular flexibility index (Phi) is 5.29. The molecule has 0 unspecified atom stereocenters. The molecule has 0 saturated carbocycles. The Morgan fingerprint density at radius 3 is 2.65 bits per heavy atom. The molecule has 92 valence electrons. The number of benzene rings is 1. The van der Waals surface area contributed by atoms with Gasteiger partial charge in [0.15, 0.2) is 0 Å². The third-order valence-electron chi connectivity index (χ3n) is 1.84. The number of hydrogen-bond donors (Lipinski definition) is 0. The average Bonchev–Trinajstić information content (AvgIpc) is 2.36. The highest BCUT2D eigenvalue weighted by atomic mass is 35.5. The molecule has 1 rings (SSSR count). The molecule has 0 N–H and O–H groups in total. The second-order valence-corrected chi connectivity index (χ2v) is 3.27. The maximum absolute atomic E-state index is 11.0. The van der Waals surface area contributed by atoms with E-state index in [2.05, 4.69) is 9.84 Å². The molecule has 0 bridgehead atoms. The van der Waals surface area contributed by atoms with Gasteiger partial charge in [-0.1, -0.05) is 0 Å². The molecular formula is C11H13ClN2O3. The van der Waals surface area contributed by atoms with Crippen LogP contribution in [0.5, 0.6) is 5.75 Å². The summed E-state index contributed by atoms with van der Waals surface area (Å²) in [5.74, 6) is 0.180. The van der Waals surface area contributed by atoms with Crippen molar-refractivity contribution in [2.75, 3.05) is 18.2 Å². The second-order valence-electron chi connectivity index (χ2n) is 2.95. The Labute approximate surface area is 105 Å². The Hall–Kier alpha value is -1.75. The zero-order valence-electron chi connectivity index (χ0n) is 9.59. The fraction of sp³-hybridized carbons (Fsp3) is 0.273. The van der Waals surface area contributed by atoms with Crippen molar-refractivity contribution in [2.24, 2.45) is 5.10 Å². The Morgan fingerprint density at radius 2 is 2.12 bits per heavy atom. The zero-order chi connectivity index (χ0) is 12.7. The van der Waals surface area contributed by atoms with E-state index in [1.165, 1.54) is 0 Å². The van der Waals surface area contributed by atoms with E-state index in [4.69, 9.17) is 16.5 Å². The van der Waals surface area contributed by atoms with Crippen LogP contribution in [0.2, 0.25) is 0 Å². The number of carbonyl (C=O) groups excluding carboxylic acids is 1. The number of carbonyl (C=O) groups is 1. The largest absolute Gasteiger partial charge is 0.497 e. The van der Waals surface area contributed by atoms with Crippen LogP contribution in [0.4, 0.5) is 5.69 Å². The molecule has 0 heterocycles. The van der Waals surface area contributed by atoms with Gasteiger partial charge in [0, 0.05) is 11.8 Å². The van der Waals surface area contributed by atoms with Crippen molar-refractivity contribution in [3.63, 3.8) is 0 Å². The zero-order valence-corrected chi connectivity index (χ0v) is 10.3. The maximum Gasteiger partial charge on any atom is 0.351 e. The van der Waals surface area contributed by atoms with Gasteiger partial charge in [-0.15, -0.1) is 0 Å². The quantitative estimate of drug-likeness (QED) is 0.351. The van der Waals surface area contributed by atoms with Gasteiger partial charge >= 0.3 is 5.97 Å². The first-order valence-electron chi connectivity index (χ1n) is 4.98. The van der Waals surface area contributed by atoms with E-state index in [9.17, 15) is 4.79 Å². The van der Waals surface area contributed by atoms with Crippen molar-refractivity contribution in [1.29, 1.82) is 0 Å². The maximum atomic E-state index is 11.0. The molecule has 0 amide bonds. The lowest BCUT2D eigenvalue weighted by Gasteiger charge is -2.09. The first-order valence-corrected chi connectivity index (χ1v) is 5.32. The number of rotatable bonds is 5. The highest BCUT2D eigenvalue weighted by Gasteiger charge is 2.02. The van der Waals surface area contributed by atoms with Gasteiger partial charge in [-0.3, -0.25) is 0 Å². The number of hydrazone groups is 1. The van der Waals surface area contributed by atoms with Crippen LogP contribution in [0.25, 0.3) is 0 Å². The molecule has 0 fully saturated rings. The van der Waals surface area contributed by atoms with E-state index < -0.39 is 5.97 Å². The van der Waals surface area contributed by atoms with Gasteiger partial charge in [0.1, 0.15) is 12.0 Å². The monoisotopic (exact) mass is 256 g/mol. The highest BCUT2D eigenvalue weighted by molar-refractivity contribution is 6.28. The minimum absolute atomic E-state index is 0.301. The number of halogens is 1. The number of methoxy groups -OCH3 is 1. The van der Waals surface area contributed by atoms with Gasteiger partial charge < -0.3 is 9.47 Å². The Bertz CT molecular complexity index is 392. The van der Waals surface area contributed by atoms with Crippen LogP contribution in [0.1, 0.15) is 6.92 Å². The van der Waals surface area contributed by atoms with Gasteiger partial charge in [0.2, 0.25) is 0 Å². The number of anilines is 1. The predicted molar refractivity (Wildman–Crippen MR) is 66.5 cm³/mol. The van der Waals surface area contributed by atoms with E-state index >= 15 is 0 Å². The smallest absolute Gasteiger partial charge is 0.351 e. The number of nitrogens with zero attached hydrogens (tertiary/aromatic N) is 2. The van der Waals surface area contributed by atoms with Crippen LogP contribution in [0.15, 0.2) is 29.4 Å². The normalized spacial score (nSPS) is 10.3. The Morgan fingerprint density at radius 1 is 1.47 bits per heavy atom. The molecule has 1 aromatic carbocycles. The van der Waals surface area contributed by atoms with E-state index in [1.807, 2.05) is 0 Å². The molecule has 17 heavy (non-hydrogen) atoms. The molecule has 0 aliphatic carbocycles. The van der Waals surface area contributed by atoms with Crippen LogP contribution in [0, 0.1) is 0 Å². The molecular weight excluding hydrogens is 244 g/mol. The fourth-order valence-corrected chi connectivity index (χ4v) is 1.21. The van der Waals surface area contributed by atoms with Gasteiger partial charge in [-0.25, -0.2) is 4.79 Å². The van der Waals surface area contributed by atoms with Crippen LogP contribution >= 0.6 is 11.8 Å². The average molecular weight is 257 g/mol. The first kappa shape index (κ1) is 13.3. The minimum atomic E-state index is -0.535. The van der Waals surface area contributed by atoms with Crippen molar-refractivity contribution in [2.45, 2.75) is 6.92 Å². The number of hydrogen-bond acceptors (Lipinski definition) is 5. The van der Waals surface area contributed by atoms with Crippen LogP contribution in [-0.2, 0) is 9.53 Å². The summed E-state index contributed by atoms with van der Waals surface area (Å²) in [6, 6.07) is 6.91. The molecule has 5 nitrogen and oxygen atoms in total. The van der Waals surface area contributed by atoms with Crippen LogP contribution < -0.4 is 9.26 Å². The molecule has 0 saturated heterocycles. The third kappa shape index (κ3) is 4.32. The number of ether oxygens (including phenoxy) is 2. The topological polar surface area (TPSA) is 51.1 Å². The summed E-state index contributed by atoms with van der Waals surface area (Å²) < 4.78 is 10.7. The van der Waals surface area contributed by atoms with E-state index in [0.717, 1.165) is 10.7 Å². The summed E-state index contributed by atoms with van der Waals surface area (Å²) in [4.78, 5) is 11.0. The lowest BCUT2D eigenvalue weighted by molar-refractivity contribution is -0.134. The van der Waals surface area contributed by atoms with E-state index in [1.54, 1.807) is 38.3 Å². The fourth-order valence-electron chi connectivity index (χ4n) is 1.05. The molecule has 0 aromatic heterocycles. The van der Waals surface area contributed by atoms with Gasteiger partial charge in [0.05, 0.1) is 19.4 Å². The lowest BCUT2D eigenvalue weighted by Crippen LogP contribution is -2.09. The Balaban J connectivity index is 2.62. The SMILES string of the molecule is CCOC(=O)C=NN(Cl)c1ccc(OC)cc1. The summed E-state index contributed by atoms with van der Waals surface area (Å²) >= 11 is 5.83. The molecule has 0 aliphatic heterocycles. The van der Waals surface area contributed by atoms with Crippen LogP contribution in [0.3, 0.4) is 0 Å². The van der Waals surface area contributed by atoms with Gasteiger partial charge in [0.25, 0.3) is 0 Å². The number of esters is 1. The predicted octanol–water partition coefficient (Wildman–Crippen LogP) is 2.20. The van der Waals surface area contributed by atoms with Crippen molar-refractivity contribution in [1.82, 2.24) is 0 Å². The van der Waals surface area contributed by atoms with E-state index in [0.29, 0.717) is 18.0 Å². The molecule has 0 radical (unpaired) electrons. The molecule has 0 spiro atoms. The molecule has 0 aliphatic rings. The lowest BCUT2D eigenvalue weighted by atomic mass is 10.3. The molecule has 1 aromatic rings. The summed E-state index contributed by atoms with van der Waals surface area (Å²) in [5.41, 5.74) is 0.619. The standard InChI is InChI=1S/C11H13ClN2O3/c1-3-17-11(15)8-13-14(12)9-4-6-10(16-2)7-5-9/h4-8H,3H2,1-2H3. The van der Waals surface area contributed by atoms with Crippen molar-refractivity contribution < 1.29 is 14.3 Å². The third-order valence-corrected chi connectivity index (χ3v) is 2.12. The highest BCUT2D eigenvalue weighted by Crippen LogP contribution is 2.20. The summed E-state index contributed by atoms with van der Waals surface area (Å²) in [6.07, 6.45) is 1.01. The van der Waals surface area contributed by atoms with Crippen molar-refractivity contribution >= 4 is 29.6 Å². The minimum Gasteiger partial charge on any atom is -0.497 e. The van der Waals surface area contributed by atoms with Crippen molar-refractivity contribution in [3.05, 3.63) is 24.3 Å². The summed E-state index contributed by atoms with van der Waals surface area (Å²) in [6.45, 7) is 2.02. The summed E-state index contributed by atoms with van der Waals surface area (Å²) in [5, 5.41) is 3.73. The van der Waals surface area contributed by atoms with E-state index in [-0.39, 0.29) is 0 Å². The first-order chi connectivity index (χ1) is 8.17. The van der Waals surface area contributed by atoms with Gasteiger partial charge in [-0.2, -0.15) is 9.63 Å². The van der Waals surface area contributed by atoms with Gasteiger partial charge in [-0.05, 0) is 31.2 Å². The summed E-state index contributed by atoms with van der Waals surface area (Å²) in [7, 11) is 1.58. The van der Waals surface area contributed by atoms with Crippen LogP contribution in [-0.4, -0.2) is 25.9 Å².